The lowest BCUT2D eigenvalue weighted by atomic mass is 9.99. The molecule has 0 atom stereocenters. The van der Waals surface area contributed by atoms with Crippen LogP contribution >= 0.6 is 0 Å². The number of carbonyl (C=O) groups excluding carboxylic acids is 1. The maximum absolute atomic E-state index is 14.9. The smallest absolute Gasteiger partial charge is 0.323 e. The third kappa shape index (κ3) is 4.45. The SMILES string of the molecule is CNc1cc2c(C(C)C)c(=O)n(-c3cc(NC(=O)Nc4ccccc4)c(F)cc3F)cc2cn1. The quantitative estimate of drug-likeness (QED) is 0.366. The number of halogens is 2. The minimum absolute atomic E-state index is 0.174. The van der Waals surface area contributed by atoms with Gasteiger partial charge in [0.1, 0.15) is 17.5 Å². The van der Waals surface area contributed by atoms with E-state index in [0.29, 0.717) is 33.9 Å². The van der Waals surface area contributed by atoms with E-state index < -0.39 is 23.2 Å². The molecule has 0 unspecified atom stereocenters. The van der Waals surface area contributed by atoms with Gasteiger partial charge in [0, 0.05) is 42.1 Å². The molecule has 0 saturated carbocycles. The molecule has 0 fully saturated rings. The van der Waals surface area contributed by atoms with Gasteiger partial charge < -0.3 is 16.0 Å². The van der Waals surface area contributed by atoms with E-state index in [1.165, 1.54) is 6.20 Å². The molecule has 2 amide bonds. The van der Waals surface area contributed by atoms with Crippen LogP contribution in [-0.2, 0) is 0 Å². The monoisotopic (exact) mass is 463 g/mol. The second-order valence-electron chi connectivity index (χ2n) is 8.01. The highest BCUT2D eigenvalue weighted by Gasteiger charge is 2.19. The van der Waals surface area contributed by atoms with Crippen molar-refractivity contribution in [3.8, 4) is 5.69 Å². The second kappa shape index (κ2) is 9.30. The fraction of sp³-hybridized carbons (Fsp3) is 0.160. The number of benzene rings is 2. The first kappa shape index (κ1) is 22.9. The number of pyridine rings is 2. The minimum Gasteiger partial charge on any atom is -0.373 e. The topological polar surface area (TPSA) is 88.0 Å². The number of rotatable bonds is 5. The molecule has 4 aromatic rings. The van der Waals surface area contributed by atoms with Crippen LogP contribution in [0.25, 0.3) is 16.5 Å². The summed E-state index contributed by atoms with van der Waals surface area (Å²) in [7, 11) is 1.72. The Labute approximate surface area is 194 Å². The Bertz CT molecular complexity index is 1440. The Morgan fingerprint density at radius 2 is 1.76 bits per heavy atom. The van der Waals surface area contributed by atoms with Crippen LogP contribution in [0.2, 0.25) is 0 Å². The summed E-state index contributed by atoms with van der Waals surface area (Å²) in [5.41, 5.74) is 0.0652. The number of nitrogens with one attached hydrogen (secondary N) is 3. The van der Waals surface area contributed by atoms with Gasteiger partial charge in [-0.25, -0.2) is 18.6 Å². The number of nitrogens with zero attached hydrogens (tertiary/aromatic N) is 2. The number of para-hydroxylation sites is 1. The first-order chi connectivity index (χ1) is 16.3. The zero-order valence-electron chi connectivity index (χ0n) is 18.8. The van der Waals surface area contributed by atoms with Crippen molar-refractivity contribution in [3.05, 3.63) is 88.5 Å². The summed E-state index contributed by atoms with van der Waals surface area (Å²) in [6.45, 7) is 3.73. The van der Waals surface area contributed by atoms with Gasteiger partial charge >= 0.3 is 6.03 Å². The molecule has 7 nitrogen and oxygen atoms in total. The summed E-state index contributed by atoms with van der Waals surface area (Å²) in [6, 6.07) is 11.4. The number of hydrogen-bond acceptors (Lipinski definition) is 4. The van der Waals surface area contributed by atoms with E-state index >= 15 is 0 Å². The van der Waals surface area contributed by atoms with Crippen LogP contribution in [0.5, 0.6) is 0 Å². The van der Waals surface area contributed by atoms with E-state index in [-0.39, 0.29) is 17.3 Å². The standard InChI is InChI=1S/C25H23F2N5O2/c1-14(2)23-17-9-22(28-3)29-12-15(17)13-32(24(23)33)21-11-20(18(26)10-19(21)27)31-25(34)30-16-7-5-4-6-8-16/h4-14,28H,1-3H3,(H2,30,31,34). The molecule has 0 aliphatic heterocycles. The van der Waals surface area contributed by atoms with E-state index in [1.54, 1.807) is 49.6 Å². The number of carbonyl (C=O) groups is 1. The Kier molecular flexibility index (Phi) is 6.27. The predicted octanol–water partition coefficient (Wildman–Crippen LogP) is 5.47. The van der Waals surface area contributed by atoms with Gasteiger partial charge in [-0.1, -0.05) is 32.0 Å². The number of amides is 2. The Balaban J connectivity index is 1.80. The molecule has 4 rings (SSSR count). The molecule has 0 radical (unpaired) electrons. The summed E-state index contributed by atoms with van der Waals surface area (Å²) in [4.78, 5) is 30.0. The van der Waals surface area contributed by atoms with Gasteiger partial charge in [-0.3, -0.25) is 9.36 Å². The van der Waals surface area contributed by atoms with E-state index in [0.717, 1.165) is 10.6 Å². The highest BCUT2D eigenvalue weighted by molar-refractivity contribution is 6.00. The van der Waals surface area contributed by atoms with Crippen molar-refractivity contribution < 1.29 is 13.6 Å². The third-order valence-electron chi connectivity index (χ3n) is 5.35. The summed E-state index contributed by atoms with van der Waals surface area (Å²) in [6.07, 6.45) is 3.04. The number of urea groups is 1. The predicted molar refractivity (Wildman–Crippen MR) is 130 cm³/mol. The van der Waals surface area contributed by atoms with Crippen LogP contribution in [0.3, 0.4) is 0 Å². The van der Waals surface area contributed by atoms with E-state index in [4.69, 9.17) is 0 Å². The van der Waals surface area contributed by atoms with Crippen molar-refractivity contribution in [3.63, 3.8) is 0 Å². The maximum Gasteiger partial charge on any atom is 0.323 e. The molecule has 34 heavy (non-hydrogen) atoms. The van der Waals surface area contributed by atoms with Crippen molar-refractivity contribution in [2.75, 3.05) is 23.0 Å². The van der Waals surface area contributed by atoms with Gasteiger partial charge in [0.25, 0.3) is 5.56 Å². The lowest BCUT2D eigenvalue weighted by molar-refractivity contribution is 0.262. The fourth-order valence-electron chi connectivity index (χ4n) is 3.74. The minimum atomic E-state index is -0.970. The highest BCUT2D eigenvalue weighted by Crippen LogP contribution is 2.27. The normalized spacial score (nSPS) is 11.0. The molecule has 0 aliphatic rings. The molecule has 2 aromatic heterocycles. The molecule has 0 saturated heterocycles. The molecule has 3 N–H and O–H groups in total. The van der Waals surface area contributed by atoms with Gasteiger partial charge in [-0.2, -0.15) is 0 Å². The van der Waals surface area contributed by atoms with E-state index in [1.807, 2.05) is 13.8 Å². The highest BCUT2D eigenvalue weighted by atomic mass is 19.1. The van der Waals surface area contributed by atoms with Crippen molar-refractivity contribution in [1.29, 1.82) is 0 Å². The van der Waals surface area contributed by atoms with Gasteiger partial charge in [0.2, 0.25) is 0 Å². The molecule has 0 spiro atoms. The van der Waals surface area contributed by atoms with Gasteiger partial charge in [-0.15, -0.1) is 0 Å². The molecular weight excluding hydrogens is 440 g/mol. The van der Waals surface area contributed by atoms with Gasteiger partial charge in [-0.05, 0) is 35.6 Å². The first-order valence-electron chi connectivity index (χ1n) is 10.6. The van der Waals surface area contributed by atoms with Crippen molar-refractivity contribution >= 4 is 34.0 Å². The third-order valence-corrected chi connectivity index (χ3v) is 5.35. The lowest BCUT2D eigenvalue weighted by Crippen LogP contribution is -2.25. The number of hydrogen-bond donors (Lipinski definition) is 3. The number of fused-ring (bicyclic) bond motifs is 1. The van der Waals surface area contributed by atoms with Crippen molar-refractivity contribution in [2.45, 2.75) is 19.8 Å². The lowest BCUT2D eigenvalue weighted by Gasteiger charge is -2.17. The average molecular weight is 463 g/mol. The van der Waals surface area contributed by atoms with Crippen LogP contribution in [0, 0.1) is 11.6 Å². The van der Waals surface area contributed by atoms with Crippen LogP contribution in [0.1, 0.15) is 25.3 Å². The van der Waals surface area contributed by atoms with E-state index in [2.05, 4.69) is 20.9 Å². The summed E-state index contributed by atoms with van der Waals surface area (Å²) < 4.78 is 30.5. The first-order valence-corrected chi connectivity index (χ1v) is 10.6. The summed E-state index contributed by atoms with van der Waals surface area (Å²) >= 11 is 0. The molecule has 0 aliphatic carbocycles. The fourth-order valence-corrected chi connectivity index (χ4v) is 3.74. The van der Waals surface area contributed by atoms with Crippen LogP contribution in [-0.4, -0.2) is 22.6 Å². The summed E-state index contributed by atoms with van der Waals surface area (Å²) in [5, 5.41) is 9.19. The second-order valence-corrected chi connectivity index (χ2v) is 8.01. The maximum atomic E-state index is 14.9. The molecular formula is C25H23F2N5O2. The molecule has 0 bridgehead atoms. The van der Waals surface area contributed by atoms with Gasteiger partial charge in [0.15, 0.2) is 0 Å². The average Bonchev–Trinajstić information content (AvgIpc) is 2.80. The Hall–Kier alpha value is -4.27. The van der Waals surface area contributed by atoms with Crippen LogP contribution in [0.15, 0.2) is 65.7 Å². The van der Waals surface area contributed by atoms with Crippen molar-refractivity contribution in [1.82, 2.24) is 9.55 Å². The molecule has 2 heterocycles. The molecule has 174 valence electrons. The van der Waals surface area contributed by atoms with Gasteiger partial charge in [0.05, 0.1) is 11.4 Å². The largest absolute Gasteiger partial charge is 0.373 e. The van der Waals surface area contributed by atoms with Crippen molar-refractivity contribution in [2.24, 2.45) is 0 Å². The Morgan fingerprint density at radius 1 is 1.03 bits per heavy atom. The van der Waals surface area contributed by atoms with E-state index in [9.17, 15) is 18.4 Å². The zero-order valence-corrected chi connectivity index (χ0v) is 18.8. The zero-order chi connectivity index (χ0) is 24.4. The Morgan fingerprint density at radius 3 is 2.44 bits per heavy atom. The summed E-state index contributed by atoms with van der Waals surface area (Å²) in [5.74, 6) is -1.49. The number of anilines is 3. The molecule has 9 heteroatoms. The number of aromatic nitrogens is 2. The molecule has 2 aromatic carbocycles. The van der Waals surface area contributed by atoms with Crippen LogP contribution in [0.4, 0.5) is 30.8 Å². The van der Waals surface area contributed by atoms with Crippen LogP contribution < -0.4 is 21.5 Å².